The molecule has 0 unspecified atom stereocenters. The Morgan fingerprint density at radius 1 is 0.283 bits per heavy atom. The van der Waals surface area contributed by atoms with E-state index in [0.29, 0.717) is 70.2 Å². The number of carbonyl (C=O) groups is 9. The Hall–Kier alpha value is -16.2. The van der Waals surface area contributed by atoms with Crippen molar-refractivity contribution in [2.45, 2.75) is 75.0 Å². The molecule has 127 heavy (non-hydrogen) atoms. The van der Waals surface area contributed by atoms with Crippen molar-refractivity contribution in [3.8, 4) is 0 Å². The van der Waals surface area contributed by atoms with Crippen molar-refractivity contribution >= 4 is 168 Å². The van der Waals surface area contributed by atoms with Gasteiger partial charge in [-0.2, -0.15) is 0 Å². The van der Waals surface area contributed by atoms with E-state index in [0.717, 1.165) is 143 Å². The van der Waals surface area contributed by atoms with E-state index >= 15 is 0 Å². The number of ketones is 3. The minimum absolute atomic E-state index is 0.0674. The molecule has 21 nitrogen and oxygen atoms in total. The zero-order valence-corrected chi connectivity index (χ0v) is 71.0. The molecule has 3 aromatic heterocycles. The molecule has 0 bridgehead atoms. The lowest BCUT2D eigenvalue weighted by Crippen LogP contribution is -2.10. The summed E-state index contributed by atoms with van der Waals surface area (Å²) in [6.45, 7) is 17.7. The van der Waals surface area contributed by atoms with Crippen LogP contribution in [-0.2, 0) is 77.1 Å². The summed E-state index contributed by atoms with van der Waals surface area (Å²) >= 11 is 0. The fourth-order valence-electron chi connectivity index (χ4n) is 15.9. The van der Waals surface area contributed by atoms with E-state index in [2.05, 4.69) is 35.7 Å². The maximum Gasteiger partial charge on any atom is 0.332 e. The molecule has 0 saturated heterocycles. The summed E-state index contributed by atoms with van der Waals surface area (Å²) in [5, 5.41) is 23.9. The van der Waals surface area contributed by atoms with Crippen LogP contribution in [0.15, 0.2) is 313 Å². The van der Waals surface area contributed by atoms with Crippen LogP contribution in [0.2, 0.25) is 0 Å². The molecule has 0 aliphatic rings. The number of hydrogen-bond acceptors (Lipinski definition) is 18. The third kappa shape index (κ3) is 19.1. The van der Waals surface area contributed by atoms with E-state index in [1.165, 1.54) is 34.6 Å². The molecule has 630 valence electrons. The molecule has 0 radical (unpaired) electrons. The Labute approximate surface area is 729 Å². The summed E-state index contributed by atoms with van der Waals surface area (Å²) in [5.41, 5.74) is 16.4. The average Bonchev–Trinajstić information content (AvgIpc) is 1.63. The largest absolute Gasteiger partial charge is 0.464 e. The molecule has 0 atom stereocenters. The normalized spacial score (nSPS) is 11.6. The van der Waals surface area contributed by atoms with Gasteiger partial charge in [0.15, 0.2) is 17.3 Å². The molecule has 0 aliphatic heterocycles. The first-order chi connectivity index (χ1) is 61.4. The fourth-order valence-corrected chi connectivity index (χ4v) is 15.9. The fraction of sp³-hybridized carbons (Fsp3) is 0.132. The predicted molar refractivity (Wildman–Crippen MR) is 496 cm³/mol. The third-order valence-electron chi connectivity index (χ3n) is 22.0. The number of nitrogens with zero attached hydrogens (tertiary/aromatic N) is 6. The van der Waals surface area contributed by atoms with Crippen LogP contribution < -0.4 is 0 Å². The number of benzene rings is 14. The first kappa shape index (κ1) is 85.8. The van der Waals surface area contributed by atoms with Crippen LogP contribution in [0.4, 0.5) is 0 Å². The van der Waals surface area contributed by atoms with Crippen molar-refractivity contribution in [2.75, 3.05) is 19.8 Å². The molecular formula is C106H86N6O15. The highest BCUT2D eigenvalue weighted by molar-refractivity contribution is 6.22. The van der Waals surface area contributed by atoms with E-state index in [9.17, 15) is 43.2 Å². The number of fused-ring (bicyclic) bond motifs is 12. The van der Waals surface area contributed by atoms with Crippen molar-refractivity contribution in [1.82, 2.24) is 13.7 Å². The number of esters is 3. The number of ether oxygens (including phenoxy) is 3. The third-order valence-corrected chi connectivity index (χ3v) is 22.0. The molecule has 0 saturated carbocycles. The van der Waals surface area contributed by atoms with Crippen molar-refractivity contribution in [1.29, 1.82) is 0 Å². The van der Waals surface area contributed by atoms with Crippen LogP contribution in [0, 0.1) is 13.8 Å². The van der Waals surface area contributed by atoms with Gasteiger partial charge < -0.3 is 42.4 Å². The number of aromatic nitrogens is 3. The number of oxime groups is 3. The van der Waals surface area contributed by atoms with Gasteiger partial charge in [0, 0.05) is 162 Å². The molecule has 3 heterocycles. The second-order valence-electron chi connectivity index (χ2n) is 30.5. The molecular weight excluding hydrogens is 1600 g/mol. The summed E-state index contributed by atoms with van der Waals surface area (Å²) < 4.78 is 22.0. The molecule has 0 N–H and O–H groups in total. The lowest BCUT2D eigenvalue weighted by Gasteiger charge is -2.11. The quantitative estimate of drug-likeness (QED) is 0.0104. The van der Waals surface area contributed by atoms with Gasteiger partial charge in [0.2, 0.25) is 0 Å². The topological polar surface area (TPSA) is 261 Å². The lowest BCUT2D eigenvalue weighted by molar-refractivity contribution is -0.142. The van der Waals surface area contributed by atoms with Gasteiger partial charge in [-0.05, 0) is 179 Å². The molecule has 14 aromatic carbocycles. The monoisotopic (exact) mass is 1680 g/mol. The van der Waals surface area contributed by atoms with Crippen molar-refractivity contribution in [3.63, 3.8) is 0 Å². The Balaban J connectivity index is 0.000000147. The molecule has 21 heteroatoms. The second kappa shape index (κ2) is 38.1. The Morgan fingerprint density at radius 3 is 0.858 bits per heavy atom. The van der Waals surface area contributed by atoms with Crippen LogP contribution in [0.3, 0.4) is 0 Å². The zero-order chi connectivity index (χ0) is 89.1. The predicted octanol–water partition coefficient (Wildman–Crippen LogP) is 20.9. The molecule has 0 fully saturated rings. The summed E-state index contributed by atoms with van der Waals surface area (Å²) in [6, 6.07) is 91.1. The van der Waals surface area contributed by atoms with Crippen LogP contribution in [-0.4, -0.2) is 104 Å². The Morgan fingerprint density at radius 2 is 0.543 bits per heavy atom. The lowest BCUT2D eigenvalue weighted by atomic mass is 9.96. The average molecular weight is 1680 g/mol. The van der Waals surface area contributed by atoms with Gasteiger partial charge in [-0.15, -0.1) is 0 Å². The van der Waals surface area contributed by atoms with Gasteiger partial charge in [-0.1, -0.05) is 198 Å². The number of carbonyl (C=O) groups excluding carboxylic acids is 9. The minimum atomic E-state index is -0.523. The van der Waals surface area contributed by atoms with E-state index in [1.54, 1.807) is 6.92 Å². The highest BCUT2D eigenvalue weighted by Gasteiger charge is 2.24. The molecule has 17 rings (SSSR count). The summed E-state index contributed by atoms with van der Waals surface area (Å²) in [4.78, 5) is 125. The molecule has 0 amide bonds. The van der Waals surface area contributed by atoms with Crippen LogP contribution in [0.5, 0.6) is 0 Å². The van der Waals surface area contributed by atoms with Crippen LogP contribution in [0.1, 0.15) is 128 Å². The van der Waals surface area contributed by atoms with E-state index in [4.69, 9.17) is 28.7 Å². The van der Waals surface area contributed by atoms with E-state index in [1.807, 2.05) is 299 Å². The summed E-state index contributed by atoms with van der Waals surface area (Å²) in [6.07, 6.45) is 1.14. The van der Waals surface area contributed by atoms with Gasteiger partial charge in [-0.3, -0.25) is 24.0 Å². The Kier molecular flexibility index (Phi) is 25.7. The maximum absolute atomic E-state index is 13.8. The second-order valence-corrected chi connectivity index (χ2v) is 30.5. The van der Waals surface area contributed by atoms with Gasteiger partial charge in [0.25, 0.3) is 0 Å². The van der Waals surface area contributed by atoms with Gasteiger partial charge in [0.1, 0.15) is 31.2 Å². The van der Waals surface area contributed by atoms with Crippen molar-refractivity contribution in [2.24, 2.45) is 15.5 Å². The zero-order valence-electron chi connectivity index (χ0n) is 71.0. The molecule has 0 aliphatic carbocycles. The summed E-state index contributed by atoms with van der Waals surface area (Å²) in [7, 11) is 0. The first-order valence-electron chi connectivity index (χ1n) is 41.2. The van der Waals surface area contributed by atoms with Crippen LogP contribution >= 0.6 is 0 Å². The van der Waals surface area contributed by atoms with E-state index < -0.39 is 23.9 Å². The highest BCUT2D eigenvalue weighted by atomic mass is 16.7. The van der Waals surface area contributed by atoms with Crippen molar-refractivity contribution < 1.29 is 71.9 Å². The standard InChI is InChI=1S/C38H30N2O5.C37H30N2O5.C31H26N2O5/c1-4-36(42)44-20-19-40-34-17-15-28(37(39-45-25(3)41)31-12-8-5-9-24(31)2)22-32(34)33-23-30(16-18-35(33)40)38(43)29-14-13-26-10-6-7-11-27(26)21-29;1-23-8-4-7-11-31(23)36(38-44-25(3)41)28-14-16-34-32(21-28)33-22-30(15-17-35(33)39(34)18-19-43-24(2)40)37(42)29-13-12-26-9-5-6-10-27(26)20-29;1-19(32-38-21(3)35)23-10-12-29-27(17-23)28-18-26(11-13-30(28)33(29)14-15-37-20(2)34)31(36)25-9-8-22-6-4-5-7-24(22)16-25/h4-18,21-23H,1,19-20H2,2-3H3;4-17,20-22H,18-19H2,1-3H3;4-13,16-18H,14-15H2,1-3H3/b39-37-;38-36-;32-19+. The minimum Gasteiger partial charge on any atom is -0.464 e. The van der Waals surface area contributed by atoms with E-state index in [-0.39, 0.29) is 49.1 Å². The van der Waals surface area contributed by atoms with Crippen LogP contribution in [0.25, 0.3) is 97.7 Å². The molecule has 0 spiro atoms. The number of rotatable bonds is 24. The number of hydrogen-bond donors (Lipinski definition) is 0. The SMILES string of the molecule is C=CC(=O)OCCn1c2ccc(C(=O)c3ccc4ccccc4c3)cc2c2cc(/C(=N/OC(C)=O)c3ccccc3C)ccc21.CC(=O)OCCn1c2ccc(C(=O)c3ccc4ccccc4c3)cc2c2cc(/C(=N/OC(C)=O)c3ccccc3C)ccc21.CC(=O)OCCn1c2ccc(C(=O)c3ccc4ccccc4c3)cc2c2cc(/C(C)=N/OC(C)=O)ccc21. The summed E-state index contributed by atoms with van der Waals surface area (Å²) in [5.74, 6) is -2.95. The van der Waals surface area contributed by atoms with Gasteiger partial charge >= 0.3 is 35.8 Å². The van der Waals surface area contributed by atoms with Gasteiger partial charge in [-0.25, -0.2) is 19.2 Å². The van der Waals surface area contributed by atoms with Gasteiger partial charge in [0.05, 0.1) is 25.3 Å². The number of aryl methyl sites for hydroxylation is 2. The Bertz CT molecular complexity index is 7440. The highest BCUT2D eigenvalue weighted by Crippen LogP contribution is 2.37. The maximum atomic E-state index is 13.8. The van der Waals surface area contributed by atoms with Crippen molar-refractivity contribution in [3.05, 3.63) is 370 Å². The smallest absolute Gasteiger partial charge is 0.332 e. The first-order valence-corrected chi connectivity index (χ1v) is 41.2. The molecule has 17 aromatic rings.